The van der Waals surface area contributed by atoms with E-state index < -0.39 is 0 Å². The molecule has 0 bridgehead atoms. The number of rotatable bonds is 0. The highest BCUT2D eigenvalue weighted by Gasteiger charge is 2.41. The zero-order valence-corrected chi connectivity index (χ0v) is 7.77. The number of oxime groups is 1. The highest BCUT2D eigenvalue weighted by atomic mass is 16.7. The minimum absolute atomic E-state index is 0.338. The summed E-state index contributed by atoms with van der Waals surface area (Å²) in [7, 11) is 0. The molecule has 0 saturated heterocycles. The lowest BCUT2D eigenvalue weighted by molar-refractivity contribution is -0.102. The smallest absolute Gasteiger partial charge is 0.191 e. The summed E-state index contributed by atoms with van der Waals surface area (Å²) >= 11 is 0. The van der Waals surface area contributed by atoms with Crippen molar-refractivity contribution >= 4 is 6.21 Å². The van der Waals surface area contributed by atoms with E-state index in [1.165, 1.54) is 11.1 Å². The SMILES string of the molecule is C1=NOC2(C1)COCc1ccccc12. The standard InChI is InChI=1S/C11H11NO2/c1-2-4-10-9(3-1)7-13-8-11(10)5-6-12-14-11/h1-4,6H,5,7-8H2. The third-order valence-electron chi connectivity index (χ3n) is 2.82. The Morgan fingerprint density at radius 2 is 2.21 bits per heavy atom. The fourth-order valence-electron chi connectivity index (χ4n) is 2.10. The van der Waals surface area contributed by atoms with Crippen molar-refractivity contribution < 1.29 is 9.57 Å². The highest BCUT2D eigenvalue weighted by molar-refractivity contribution is 5.61. The first kappa shape index (κ1) is 8.00. The van der Waals surface area contributed by atoms with Crippen molar-refractivity contribution in [2.45, 2.75) is 18.6 Å². The summed E-state index contributed by atoms with van der Waals surface area (Å²) in [5, 5.41) is 3.85. The van der Waals surface area contributed by atoms with E-state index in [0.29, 0.717) is 13.2 Å². The molecule has 72 valence electrons. The van der Waals surface area contributed by atoms with E-state index in [1.54, 1.807) is 0 Å². The maximum Gasteiger partial charge on any atom is 0.191 e. The first-order chi connectivity index (χ1) is 6.91. The number of ether oxygens (including phenoxy) is 1. The molecule has 1 aromatic carbocycles. The molecule has 0 saturated carbocycles. The van der Waals surface area contributed by atoms with E-state index in [1.807, 2.05) is 18.3 Å². The molecule has 1 atom stereocenters. The molecule has 2 aliphatic rings. The zero-order valence-electron chi connectivity index (χ0n) is 7.77. The van der Waals surface area contributed by atoms with Crippen molar-refractivity contribution in [3.05, 3.63) is 35.4 Å². The van der Waals surface area contributed by atoms with Gasteiger partial charge in [0.2, 0.25) is 0 Å². The van der Waals surface area contributed by atoms with Crippen LogP contribution in [0.4, 0.5) is 0 Å². The van der Waals surface area contributed by atoms with E-state index in [0.717, 1.165) is 6.42 Å². The van der Waals surface area contributed by atoms with Gasteiger partial charge in [-0.3, -0.25) is 0 Å². The molecule has 0 amide bonds. The van der Waals surface area contributed by atoms with Crippen LogP contribution in [0.1, 0.15) is 17.5 Å². The molecule has 0 aliphatic carbocycles. The van der Waals surface area contributed by atoms with Gasteiger partial charge in [-0.05, 0) is 5.56 Å². The Labute approximate surface area is 82.3 Å². The Bertz CT molecular complexity index is 379. The summed E-state index contributed by atoms with van der Waals surface area (Å²) in [4.78, 5) is 5.45. The third kappa shape index (κ3) is 0.990. The van der Waals surface area contributed by atoms with Gasteiger partial charge in [0.05, 0.1) is 13.2 Å². The van der Waals surface area contributed by atoms with Crippen LogP contribution in [-0.4, -0.2) is 12.8 Å². The largest absolute Gasteiger partial charge is 0.382 e. The van der Waals surface area contributed by atoms with Gasteiger partial charge in [0, 0.05) is 18.2 Å². The summed E-state index contributed by atoms with van der Waals surface area (Å²) in [6.45, 7) is 1.28. The molecule has 3 nitrogen and oxygen atoms in total. The normalized spacial score (nSPS) is 28.9. The second kappa shape index (κ2) is 2.82. The summed E-state index contributed by atoms with van der Waals surface area (Å²) in [5.41, 5.74) is 2.10. The summed E-state index contributed by atoms with van der Waals surface area (Å²) in [5.74, 6) is 0. The molecular weight excluding hydrogens is 178 g/mol. The molecule has 1 spiro atoms. The van der Waals surface area contributed by atoms with Crippen molar-refractivity contribution in [2.24, 2.45) is 5.16 Å². The molecule has 3 rings (SSSR count). The molecular formula is C11H11NO2. The summed E-state index contributed by atoms with van der Waals surface area (Å²) in [6, 6.07) is 8.25. The Morgan fingerprint density at radius 1 is 1.29 bits per heavy atom. The number of benzene rings is 1. The molecule has 3 heteroatoms. The Hall–Kier alpha value is -1.35. The molecule has 2 aliphatic heterocycles. The van der Waals surface area contributed by atoms with Gasteiger partial charge in [0.1, 0.15) is 0 Å². The van der Waals surface area contributed by atoms with Gasteiger partial charge in [-0.25, -0.2) is 0 Å². The van der Waals surface area contributed by atoms with Crippen LogP contribution in [0.15, 0.2) is 29.4 Å². The first-order valence-electron chi connectivity index (χ1n) is 4.77. The van der Waals surface area contributed by atoms with Crippen LogP contribution in [0.5, 0.6) is 0 Å². The van der Waals surface area contributed by atoms with Crippen LogP contribution in [0.3, 0.4) is 0 Å². The Balaban J connectivity index is 2.11. The van der Waals surface area contributed by atoms with Crippen molar-refractivity contribution in [3.8, 4) is 0 Å². The van der Waals surface area contributed by atoms with E-state index in [4.69, 9.17) is 9.57 Å². The van der Waals surface area contributed by atoms with Gasteiger partial charge in [-0.1, -0.05) is 29.4 Å². The maximum absolute atomic E-state index is 5.53. The zero-order chi connectivity index (χ0) is 9.43. The lowest BCUT2D eigenvalue weighted by Crippen LogP contribution is -2.35. The van der Waals surface area contributed by atoms with E-state index in [9.17, 15) is 0 Å². The molecule has 1 unspecified atom stereocenters. The van der Waals surface area contributed by atoms with E-state index in [2.05, 4.69) is 17.3 Å². The van der Waals surface area contributed by atoms with E-state index >= 15 is 0 Å². The van der Waals surface area contributed by atoms with Crippen LogP contribution >= 0.6 is 0 Å². The molecule has 2 heterocycles. The molecule has 0 aromatic heterocycles. The monoisotopic (exact) mass is 189 g/mol. The van der Waals surface area contributed by atoms with Crippen LogP contribution in [-0.2, 0) is 21.8 Å². The first-order valence-corrected chi connectivity index (χ1v) is 4.77. The quantitative estimate of drug-likeness (QED) is 0.623. The number of fused-ring (bicyclic) bond motifs is 2. The van der Waals surface area contributed by atoms with Gasteiger partial charge in [-0.15, -0.1) is 0 Å². The maximum atomic E-state index is 5.53. The predicted molar refractivity (Wildman–Crippen MR) is 52.0 cm³/mol. The second-order valence-electron chi connectivity index (χ2n) is 3.73. The van der Waals surface area contributed by atoms with Crippen LogP contribution in [0.25, 0.3) is 0 Å². The fourth-order valence-corrected chi connectivity index (χ4v) is 2.10. The lowest BCUT2D eigenvalue weighted by atomic mass is 9.87. The molecule has 0 fully saturated rings. The lowest BCUT2D eigenvalue weighted by Gasteiger charge is -2.32. The minimum Gasteiger partial charge on any atom is -0.382 e. The number of hydrogen-bond donors (Lipinski definition) is 0. The minimum atomic E-state index is -0.338. The van der Waals surface area contributed by atoms with Crippen molar-refractivity contribution in [3.63, 3.8) is 0 Å². The van der Waals surface area contributed by atoms with Crippen LogP contribution in [0, 0.1) is 0 Å². The van der Waals surface area contributed by atoms with Gasteiger partial charge < -0.3 is 9.57 Å². The van der Waals surface area contributed by atoms with Gasteiger partial charge in [0.15, 0.2) is 5.60 Å². The average Bonchev–Trinajstić information content (AvgIpc) is 2.68. The van der Waals surface area contributed by atoms with Gasteiger partial charge >= 0.3 is 0 Å². The van der Waals surface area contributed by atoms with E-state index in [-0.39, 0.29) is 5.60 Å². The van der Waals surface area contributed by atoms with Crippen molar-refractivity contribution in [1.82, 2.24) is 0 Å². The van der Waals surface area contributed by atoms with Crippen molar-refractivity contribution in [1.29, 1.82) is 0 Å². The third-order valence-corrected chi connectivity index (χ3v) is 2.82. The van der Waals surface area contributed by atoms with Gasteiger partial charge in [-0.2, -0.15) is 0 Å². The fraction of sp³-hybridized carbons (Fsp3) is 0.364. The number of nitrogens with zero attached hydrogens (tertiary/aromatic N) is 1. The van der Waals surface area contributed by atoms with Crippen LogP contribution in [0.2, 0.25) is 0 Å². The topological polar surface area (TPSA) is 30.8 Å². The molecule has 14 heavy (non-hydrogen) atoms. The van der Waals surface area contributed by atoms with Crippen LogP contribution < -0.4 is 0 Å². The summed E-state index contributed by atoms with van der Waals surface area (Å²) in [6.07, 6.45) is 2.62. The Kier molecular flexibility index (Phi) is 1.61. The predicted octanol–water partition coefficient (Wildman–Crippen LogP) is 1.82. The molecule has 0 N–H and O–H groups in total. The molecule has 0 radical (unpaired) electrons. The Morgan fingerprint density at radius 3 is 3.07 bits per heavy atom. The average molecular weight is 189 g/mol. The summed E-state index contributed by atoms with van der Waals surface area (Å²) < 4.78 is 5.53. The van der Waals surface area contributed by atoms with Crippen molar-refractivity contribution in [2.75, 3.05) is 6.61 Å². The second-order valence-corrected chi connectivity index (χ2v) is 3.73. The van der Waals surface area contributed by atoms with Gasteiger partial charge in [0.25, 0.3) is 0 Å². The molecule has 1 aromatic rings. The number of hydrogen-bond acceptors (Lipinski definition) is 3. The highest BCUT2D eigenvalue weighted by Crippen LogP contribution is 2.38.